The lowest BCUT2D eigenvalue weighted by Gasteiger charge is -2.38. The fourth-order valence-corrected chi connectivity index (χ4v) is 5.53. The van der Waals surface area contributed by atoms with Gasteiger partial charge in [-0.05, 0) is 49.9 Å². The van der Waals surface area contributed by atoms with E-state index in [4.69, 9.17) is 11.6 Å². The number of aromatic amines is 1. The second-order valence-electron chi connectivity index (χ2n) is 9.98. The van der Waals surface area contributed by atoms with Crippen molar-refractivity contribution in [2.24, 2.45) is 23.7 Å². The van der Waals surface area contributed by atoms with E-state index in [9.17, 15) is 4.79 Å². The molecular weight excluding hydrogens is 398 g/mol. The summed E-state index contributed by atoms with van der Waals surface area (Å²) in [6.45, 7) is 17.0. The molecule has 0 aliphatic heterocycles. The highest BCUT2D eigenvalue weighted by Gasteiger charge is 2.35. The van der Waals surface area contributed by atoms with Crippen LogP contribution in [0.5, 0.6) is 0 Å². The molecule has 2 aromatic heterocycles. The third kappa shape index (κ3) is 3.81. The van der Waals surface area contributed by atoms with Crippen LogP contribution in [-0.4, -0.2) is 39.5 Å². The lowest BCUT2D eigenvalue weighted by atomic mass is 9.67. The zero-order valence-corrected chi connectivity index (χ0v) is 19.9. The minimum Gasteiger partial charge on any atom is -0.345 e. The standard InChI is InChI=1S/C26H33N5O/c1-15-8-10-19(11-9-15)24-28-25-21(14-20-17(3)12-16(2)13-18(20)4)22(27-5)23(31(25)29-24)26(32)30(6)7/h8-11,16-18,20H,12-14H2,1-4,6-7H3,(H,28,29). The Morgan fingerprint density at radius 2 is 1.81 bits per heavy atom. The van der Waals surface area contributed by atoms with Crippen molar-refractivity contribution in [2.45, 2.75) is 47.0 Å². The Bertz CT molecular complexity index is 1170. The molecule has 6 nitrogen and oxygen atoms in total. The molecule has 0 saturated heterocycles. The molecule has 2 heterocycles. The molecule has 32 heavy (non-hydrogen) atoms. The van der Waals surface area contributed by atoms with Crippen molar-refractivity contribution in [1.29, 1.82) is 0 Å². The maximum absolute atomic E-state index is 13.1. The maximum atomic E-state index is 13.1. The number of amides is 1. The molecule has 1 fully saturated rings. The SMILES string of the molecule is [C-]#[N+]c1c(CC2C(C)CC(C)CC2C)c2nc(-c3ccc(C)cc3)[nH]n2c1C(=O)N(C)C. The van der Waals surface area contributed by atoms with Crippen LogP contribution >= 0.6 is 0 Å². The van der Waals surface area contributed by atoms with E-state index in [0.29, 0.717) is 40.6 Å². The molecule has 1 amide bonds. The van der Waals surface area contributed by atoms with Crippen molar-refractivity contribution in [3.8, 4) is 11.4 Å². The van der Waals surface area contributed by atoms with E-state index in [1.807, 2.05) is 12.1 Å². The molecule has 3 aromatic rings. The second-order valence-corrected chi connectivity index (χ2v) is 9.98. The van der Waals surface area contributed by atoms with E-state index in [0.717, 1.165) is 23.5 Å². The molecular formula is C26H33N5O. The molecule has 1 N–H and O–H groups in total. The summed E-state index contributed by atoms with van der Waals surface area (Å²) >= 11 is 0. The normalized spacial score (nSPS) is 23.3. The van der Waals surface area contributed by atoms with Gasteiger partial charge in [0, 0.05) is 25.2 Å². The van der Waals surface area contributed by atoms with Crippen LogP contribution < -0.4 is 0 Å². The summed E-state index contributed by atoms with van der Waals surface area (Å²) in [5.41, 5.74) is 4.57. The highest BCUT2D eigenvalue weighted by Crippen LogP contribution is 2.43. The van der Waals surface area contributed by atoms with Crippen LogP contribution in [0.15, 0.2) is 24.3 Å². The number of hydrogen-bond donors (Lipinski definition) is 1. The Kier molecular flexibility index (Phi) is 5.85. The third-order valence-electron chi connectivity index (χ3n) is 7.15. The summed E-state index contributed by atoms with van der Waals surface area (Å²) < 4.78 is 1.74. The van der Waals surface area contributed by atoms with Crippen molar-refractivity contribution in [2.75, 3.05) is 14.1 Å². The first-order valence-electron chi connectivity index (χ1n) is 11.5. The molecule has 1 aromatic carbocycles. The molecule has 0 radical (unpaired) electrons. The van der Waals surface area contributed by atoms with Gasteiger partial charge in [0.1, 0.15) is 11.3 Å². The topological polar surface area (TPSA) is 57.8 Å². The molecule has 2 unspecified atom stereocenters. The average Bonchev–Trinajstić information content (AvgIpc) is 3.27. The summed E-state index contributed by atoms with van der Waals surface area (Å²) in [5.74, 6) is 2.88. The number of fused-ring (bicyclic) bond motifs is 1. The molecule has 0 spiro atoms. The summed E-state index contributed by atoms with van der Waals surface area (Å²) in [7, 11) is 3.44. The zero-order valence-electron chi connectivity index (χ0n) is 19.9. The van der Waals surface area contributed by atoms with E-state index < -0.39 is 0 Å². The fraction of sp³-hybridized carbons (Fsp3) is 0.500. The van der Waals surface area contributed by atoms with Crippen molar-refractivity contribution in [3.63, 3.8) is 0 Å². The first-order chi connectivity index (χ1) is 15.2. The second kappa shape index (κ2) is 8.46. The summed E-state index contributed by atoms with van der Waals surface area (Å²) in [6.07, 6.45) is 3.19. The van der Waals surface area contributed by atoms with Gasteiger partial charge in [0.05, 0.1) is 6.57 Å². The largest absolute Gasteiger partial charge is 0.345 e. The van der Waals surface area contributed by atoms with E-state index in [1.54, 1.807) is 18.6 Å². The lowest BCUT2D eigenvalue weighted by molar-refractivity contribution is 0.0821. The number of hydrogen-bond acceptors (Lipinski definition) is 2. The van der Waals surface area contributed by atoms with Crippen LogP contribution in [0.4, 0.5) is 5.69 Å². The van der Waals surface area contributed by atoms with Gasteiger partial charge in [0.15, 0.2) is 5.82 Å². The zero-order chi connectivity index (χ0) is 23.2. The van der Waals surface area contributed by atoms with Gasteiger partial charge in [-0.1, -0.05) is 50.6 Å². The van der Waals surface area contributed by atoms with Gasteiger partial charge >= 0.3 is 0 Å². The monoisotopic (exact) mass is 431 g/mol. The maximum Gasteiger partial charge on any atom is 0.261 e. The highest BCUT2D eigenvalue weighted by molar-refractivity contribution is 6.01. The molecule has 0 bridgehead atoms. The van der Waals surface area contributed by atoms with Crippen LogP contribution in [0.2, 0.25) is 0 Å². The van der Waals surface area contributed by atoms with Gasteiger partial charge in [-0.15, -0.1) is 0 Å². The molecule has 168 valence electrons. The molecule has 1 aliphatic rings. The van der Waals surface area contributed by atoms with Crippen LogP contribution in [0.3, 0.4) is 0 Å². The van der Waals surface area contributed by atoms with Crippen LogP contribution in [-0.2, 0) is 6.42 Å². The van der Waals surface area contributed by atoms with Gasteiger partial charge in [0.2, 0.25) is 5.69 Å². The van der Waals surface area contributed by atoms with Gasteiger partial charge in [-0.3, -0.25) is 9.89 Å². The predicted octanol–water partition coefficient (Wildman–Crippen LogP) is 5.75. The number of nitrogens with one attached hydrogen (secondary N) is 1. The quantitative estimate of drug-likeness (QED) is 0.535. The van der Waals surface area contributed by atoms with Gasteiger partial charge in [0.25, 0.3) is 5.91 Å². The summed E-state index contributed by atoms with van der Waals surface area (Å²) in [4.78, 5) is 23.4. The van der Waals surface area contributed by atoms with Gasteiger partial charge in [-0.25, -0.2) is 14.3 Å². The Hall–Kier alpha value is -3.07. The Labute approximate surface area is 190 Å². The smallest absolute Gasteiger partial charge is 0.261 e. The Balaban J connectivity index is 1.87. The van der Waals surface area contributed by atoms with Crippen molar-refractivity contribution in [1.82, 2.24) is 19.5 Å². The third-order valence-corrected chi connectivity index (χ3v) is 7.15. The van der Waals surface area contributed by atoms with Gasteiger partial charge < -0.3 is 4.90 Å². The van der Waals surface area contributed by atoms with E-state index in [1.165, 1.54) is 23.3 Å². The number of carbonyl (C=O) groups is 1. The summed E-state index contributed by atoms with van der Waals surface area (Å²) in [5, 5.41) is 3.31. The average molecular weight is 432 g/mol. The Morgan fingerprint density at radius 3 is 2.38 bits per heavy atom. The van der Waals surface area contributed by atoms with E-state index in [-0.39, 0.29) is 5.91 Å². The number of aryl methyl sites for hydroxylation is 1. The first-order valence-corrected chi connectivity index (χ1v) is 11.5. The van der Waals surface area contributed by atoms with Crippen LogP contribution in [0.1, 0.15) is 55.2 Å². The molecule has 1 saturated carbocycles. The molecule has 2 atom stereocenters. The van der Waals surface area contributed by atoms with Crippen LogP contribution in [0, 0.1) is 37.2 Å². The lowest BCUT2D eigenvalue weighted by Crippen LogP contribution is -2.30. The number of aromatic nitrogens is 3. The van der Waals surface area contributed by atoms with Crippen molar-refractivity contribution < 1.29 is 4.79 Å². The minimum absolute atomic E-state index is 0.185. The number of carbonyl (C=O) groups excluding carboxylic acids is 1. The minimum atomic E-state index is -0.185. The van der Waals surface area contributed by atoms with Crippen molar-refractivity contribution >= 4 is 17.2 Å². The van der Waals surface area contributed by atoms with E-state index >= 15 is 0 Å². The molecule has 6 heteroatoms. The molecule has 4 rings (SSSR count). The number of rotatable bonds is 4. The first kappa shape index (κ1) is 22.1. The number of benzene rings is 1. The van der Waals surface area contributed by atoms with E-state index in [2.05, 4.69) is 49.8 Å². The fourth-order valence-electron chi connectivity index (χ4n) is 5.53. The molecule has 1 aliphatic carbocycles. The summed E-state index contributed by atoms with van der Waals surface area (Å²) in [6, 6.07) is 8.17. The number of H-pyrrole nitrogens is 1. The Morgan fingerprint density at radius 1 is 1.19 bits per heavy atom. The number of nitrogens with zero attached hydrogens (tertiary/aromatic N) is 4. The van der Waals surface area contributed by atoms with Crippen molar-refractivity contribution in [3.05, 3.63) is 52.5 Å². The van der Waals surface area contributed by atoms with Gasteiger partial charge in [-0.2, -0.15) is 0 Å². The highest BCUT2D eigenvalue weighted by atomic mass is 16.2. The predicted molar refractivity (Wildman–Crippen MR) is 128 cm³/mol. The van der Waals surface area contributed by atoms with Crippen LogP contribution in [0.25, 0.3) is 21.9 Å².